The molecule has 0 aliphatic carbocycles. The van der Waals surface area contributed by atoms with Crippen molar-refractivity contribution in [2.45, 2.75) is 18.6 Å². The predicted molar refractivity (Wildman–Crippen MR) is 107 cm³/mol. The van der Waals surface area contributed by atoms with Crippen molar-refractivity contribution in [1.29, 1.82) is 0 Å². The zero-order valence-electron chi connectivity index (χ0n) is 14.2. The van der Waals surface area contributed by atoms with E-state index in [-0.39, 0.29) is 18.2 Å². The van der Waals surface area contributed by atoms with E-state index < -0.39 is 5.25 Å². The summed E-state index contributed by atoms with van der Waals surface area (Å²) in [5.41, 5.74) is 1.40. The molecule has 2 aromatic carbocycles. The molecule has 2 aromatic rings. The molecule has 1 aliphatic rings. The van der Waals surface area contributed by atoms with Crippen LogP contribution in [0.25, 0.3) is 0 Å². The first kappa shape index (κ1) is 18.5. The number of hydrogen-bond donors (Lipinski definition) is 1. The van der Waals surface area contributed by atoms with Crippen molar-refractivity contribution < 1.29 is 9.59 Å². The average Bonchev–Trinajstić information content (AvgIpc) is 2.64. The van der Waals surface area contributed by atoms with Gasteiger partial charge in [-0.3, -0.25) is 14.5 Å². The molecule has 0 aromatic heterocycles. The van der Waals surface area contributed by atoms with Crippen molar-refractivity contribution in [3.8, 4) is 0 Å². The summed E-state index contributed by atoms with van der Waals surface area (Å²) in [7, 11) is 0. The lowest BCUT2D eigenvalue weighted by Crippen LogP contribution is -2.45. The molecule has 5 nitrogen and oxygen atoms in total. The third-order valence-electron chi connectivity index (χ3n) is 3.84. The number of carbonyl (C=O) groups is 2. The van der Waals surface area contributed by atoms with Crippen LogP contribution in [0.15, 0.2) is 59.6 Å². The molecule has 0 saturated carbocycles. The third-order valence-corrected chi connectivity index (χ3v) is 5.28. The molecule has 0 radical (unpaired) electrons. The van der Waals surface area contributed by atoms with Crippen LogP contribution in [0.2, 0.25) is 5.02 Å². The Bertz CT molecular complexity index is 824. The van der Waals surface area contributed by atoms with Gasteiger partial charge in [-0.15, -0.1) is 0 Å². The molecule has 26 heavy (non-hydrogen) atoms. The van der Waals surface area contributed by atoms with E-state index in [1.54, 1.807) is 29.2 Å². The van der Waals surface area contributed by atoms with E-state index >= 15 is 0 Å². The van der Waals surface area contributed by atoms with E-state index in [1.807, 2.05) is 37.3 Å². The largest absolute Gasteiger partial charge is 0.325 e. The number of anilines is 1. The van der Waals surface area contributed by atoms with Crippen LogP contribution in [0.5, 0.6) is 0 Å². The molecular formula is C19H18ClN3O2S. The van der Waals surface area contributed by atoms with Crippen LogP contribution in [0.1, 0.15) is 13.3 Å². The first-order valence-corrected chi connectivity index (χ1v) is 9.49. The van der Waals surface area contributed by atoms with Crippen molar-refractivity contribution >= 4 is 51.7 Å². The number of nitrogens with one attached hydrogen (secondary N) is 1. The van der Waals surface area contributed by atoms with Crippen molar-refractivity contribution in [3.63, 3.8) is 0 Å². The molecule has 1 saturated heterocycles. The number of carbonyl (C=O) groups excluding carboxylic acids is 2. The highest BCUT2D eigenvalue weighted by molar-refractivity contribution is 8.15. The van der Waals surface area contributed by atoms with E-state index in [4.69, 9.17) is 11.6 Å². The third kappa shape index (κ3) is 4.45. The number of thioether (sulfide) groups is 1. The summed E-state index contributed by atoms with van der Waals surface area (Å²) in [6.07, 6.45) is 0.150. The molecule has 1 heterocycles. The Morgan fingerprint density at radius 3 is 2.58 bits per heavy atom. The van der Waals surface area contributed by atoms with Gasteiger partial charge in [-0.25, -0.2) is 4.99 Å². The fourth-order valence-electron chi connectivity index (χ4n) is 2.52. The molecule has 0 spiro atoms. The van der Waals surface area contributed by atoms with Crippen molar-refractivity contribution in [1.82, 2.24) is 4.90 Å². The summed E-state index contributed by atoms with van der Waals surface area (Å²) < 4.78 is 0. The molecule has 7 heteroatoms. The summed E-state index contributed by atoms with van der Waals surface area (Å²) in [5, 5.41) is 3.48. The Morgan fingerprint density at radius 2 is 1.92 bits per heavy atom. The molecular weight excluding hydrogens is 370 g/mol. The van der Waals surface area contributed by atoms with Gasteiger partial charge in [0.2, 0.25) is 11.8 Å². The van der Waals surface area contributed by atoms with Gasteiger partial charge in [-0.1, -0.05) is 41.6 Å². The van der Waals surface area contributed by atoms with Crippen LogP contribution in [0.3, 0.4) is 0 Å². The van der Waals surface area contributed by atoms with Gasteiger partial charge in [0.15, 0.2) is 5.17 Å². The fraction of sp³-hybridized carbons (Fsp3) is 0.211. The van der Waals surface area contributed by atoms with Gasteiger partial charge < -0.3 is 5.32 Å². The van der Waals surface area contributed by atoms with Crippen molar-refractivity contribution in [3.05, 3.63) is 59.6 Å². The molecule has 2 amide bonds. The standard InChI is InChI=1S/C19H18ClN3O2S/c1-2-23-17(24)12-16(18(25)21-14-6-4-3-5-7-14)26-19(23)22-15-10-8-13(20)9-11-15/h3-11,16H,2,12H2,1H3,(H,21,25)/t16-/m1/s1. The van der Waals surface area contributed by atoms with Crippen LogP contribution in [-0.4, -0.2) is 33.7 Å². The maximum Gasteiger partial charge on any atom is 0.238 e. The van der Waals surface area contributed by atoms with Gasteiger partial charge in [-0.05, 0) is 43.3 Å². The predicted octanol–water partition coefficient (Wildman–Crippen LogP) is 4.32. The number of amidine groups is 1. The second-order valence-electron chi connectivity index (χ2n) is 5.67. The van der Waals surface area contributed by atoms with Crippen molar-refractivity contribution in [2.75, 3.05) is 11.9 Å². The number of amides is 2. The summed E-state index contributed by atoms with van der Waals surface area (Å²) in [6.45, 7) is 2.39. The van der Waals surface area contributed by atoms with E-state index in [9.17, 15) is 9.59 Å². The quantitative estimate of drug-likeness (QED) is 0.849. The molecule has 1 fully saturated rings. The zero-order valence-corrected chi connectivity index (χ0v) is 15.8. The molecule has 0 bridgehead atoms. The number of hydrogen-bond acceptors (Lipinski definition) is 4. The highest BCUT2D eigenvalue weighted by atomic mass is 35.5. The van der Waals surface area contributed by atoms with E-state index in [2.05, 4.69) is 10.3 Å². The van der Waals surface area contributed by atoms with Gasteiger partial charge >= 0.3 is 0 Å². The fourth-order valence-corrected chi connectivity index (χ4v) is 3.81. The van der Waals surface area contributed by atoms with E-state index in [0.29, 0.717) is 28.1 Å². The van der Waals surface area contributed by atoms with Crippen LogP contribution >= 0.6 is 23.4 Å². The maximum absolute atomic E-state index is 12.6. The van der Waals surface area contributed by atoms with E-state index in [0.717, 1.165) is 0 Å². The number of benzene rings is 2. The van der Waals surface area contributed by atoms with Crippen molar-refractivity contribution in [2.24, 2.45) is 4.99 Å². The second kappa shape index (κ2) is 8.38. The van der Waals surface area contributed by atoms with Gasteiger partial charge in [0, 0.05) is 23.7 Å². The molecule has 1 aliphatic heterocycles. The highest BCUT2D eigenvalue weighted by Gasteiger charge is 2.35. The Balaban J connectivity index is 1.80. The number of aliphatic imine (C=N–C) groups is 1. The number of halogens is 1. The first-order chi connectivity index (χ1) is 12.6. The summed E-state index contributed by atoms with van der Waals surface area (Å²) >= 11 is 7.21. The summed E-state index contributed by atoms with van der Waals surface area (Å²) in [6, 6.07) is 16.2. The lowest BCUT2D eigenvalue weighted by molar-refractivity contribution is -0.129. The minimum absolute atomic E-state index is 0.104. The summed E-state index contributed by atoms with van der Waals surface area (Å²) in [5.74, 6) is -0.304. The number of nitrogens with zero attached hydrogens (tertiary/aromatic N) is 2. The maximum atomic E-state index is 12.6. The van der Waals surface area contributed by atoms with Crippen LogP contribution in [0.4, 0.5) is 11.4 Å². The van der Waals surface area contributed by atoms with Crippen LogP contribution < -0.4 is 5.32 Å². The molecule has 1 atom stereocenters. The minimum Gasteiger partial charge on any atom is -0.325 e. The van der Waals surface area contributed by atoms with E-state index in [1.165, 1.54) is 11.8 Å². The summed E-state index contributed by atoms with van der Waals surface area (Å²) in [4.78, 5) is 31.2. The SMILES string of the molecule is CCN1C(=O)C[C@H](C(=O)Nc2ccccc2)SC1=Nc1ccc(Cl)cc1. The lowest BCUT2D eigenvalue weighted by atomic mass is 10.2. The number of para-hydroxylation sites is 1. The molecule has 134 valence electrons. The second-order valence-corrected chi connectivity index (χ2v) is 7.28. The minimum atomic E-state index is -0.517. The monoisotopic (exact) mass is 387 g/mol. The smallest absolute Gasteiger partial charge is 0.238 e. The molecule has 1 N–H and O–H groups in total. The van der Waals surface area contributed by atoms with Gasteiger partial charge in [0.05, 0.1) is 5.69 Å². The Hall–Kier alpha value is -2.31. The normalized spacial score (nSPS) is 18.8. The zero-order chi connectivity index (χ0) is 18.5. The number of rotatable bonds is 4. The van der Waals surface area contributed by atoms with Gasteiger partial charge in [-0.2, -0.15) is 0 Å². The molecule has 3 rings (SSSR count). The lowest BCUT2D eigenvalue weighted by Gasteiger charge is -2.30. The van der Waals surface area contributed by atoms with Gasteiger partial charge in [0.25, 0.3) is 0 Å². The Kier molecular flexibility index (Phi) is 5.96. The Labute approximate surface area is 161 Å². The van der Waals surface area contributed by atoms with Gasteiger partial charge in [0.1, 0.15) is 5.25 Å². The average molecular weight is 388 g/mol. The Morgan fingerprint density at radius 1 is 1.23 bits per heavy atom. The molecule has 0 unspecified atom stereocenters. The van der Waals surface area contributed by atoms with Crippen LogP contribution in [0, 0.1) is 0 Å². The first-order valence-electron chi connectivity index (χ1n) is 8.24. The van der Waals surface area contributed by atoms with Crippen LogP contribution in [-0.2, 0) is 9.59 Å². The highest BCUT2D eigenvalue weighted by Crippen LogP contribution is 2.30. The topological polar surface area (TPSA) is 61.8 Å².